The van der Waals surface area contributed by atoms with E-state index < -0.39 is 0 Å². The molecule has 0 spiro atoms. The highest BCUT2D eigenvalue weighted by Gasteiger charge is 2.34. The van der Waals surface area contributed by atoms with Crippen LogP contribution >= 0.6 is 0 Å². The van der Waals surface area contributed by atoms with E-state index in [1.54, 1.807) is 0 Å². The molecule has 1 aliphatic heterocycles. The monoisotopic (exact) mass is 100 g/mol. The van der Waals surface area contributed by atoms with Crippen molar-refractivity contribution in [1.82, 2.24) is 5.32 Å². The summed E-state index contributed by atoms with van der Waals surface area (Å²) in [7, 11) is 0. The van der Waals surface area contributed by atoms with Gasteiger partial charge in [0.05, 0.1) is 0 Å². The molecule has 0 saturated carbocycles. The van der Waals surface area contributed by atoms with Crippen molar-refractivity contribution in [2.45, 2.75) is 25.4 Å². The van der Waals surface area contributed by atoms with Crippen molar-refractivity contribution in [3.63, 3.8) is 0 Å². The molecule has 42 valence electrons. The van der Waals surface area contributed by atoms with Gasteiger partial charge >= 0.3 is 0 Å². The smallest absolute Gasteiger partial charge is 0.0405 e. The normalized spacial score (nSPS) is 51.0. The number of nitrogens with two attached hydrogens (primary N) is 1. The molecule has 2 nitrogen and oxygen atoms in total. The van der Waals surface area contributed by atoms with Crippen LogP contribution in [0.1, 0.15) is 13.8 Å². The summed E-state index contributed by atoms with van der Waals surface area (Å²) in [5.41, 5.74) is 5.77. The number of rotatable bonds is 0. The van der Waals surface area contributed by atoms with E-state index in [0.717, 1.165) is 6.54 Å². The summed E-state index contributed by atoms with van der Waals surface area (Å²) >= 11 is 0. The van der Waals surface area contributed by atoms with E-state index in [2.05, 4.69) is 19.2 Å². The first-order chi connectivity index (χ1) is 3.13. The van der Waals surface area contributed by atoms with Crippen molar-refractivity contribution in [3.05, 3.63) is 0 Å². The molecule has 3 N–H and O–H groups in total. The van der Waals surface area contributed by atoms with Gasteiger partial charge < -0.3 is 11.1 Å². The second-order valence-electron chi connectivity index (χ2n) is 2.61. The Morgan fingerprint density at radius 3 is 2.29 bits per heavy atom. The summed E-state index contributed by atoms with van der Waals surface area (Å²) in [5, 5.41) is 3.17. The van der Waals surface area contributed by atoms with Gasteiger partial charge in [0.15, 0.2) is 0 Å². The minimum absolute atomic E-state index is 0.0694. The lowest BCUT2D eigenvalue weighted by Crippen LogP contribution is -2.70. The minimum atomic E-state index is 0.0694. The van der Waals surface area contributed by atoms with Crippen molar-refractivity contribution < 1.29 is 0 Å². The topological polar surface area (TPSA) is 38.0 Å². The molecule has 0 aliphatic carbocycles. The number of hydrogen-bond acceptors (Lipinski definition) is 2. The zero-order valence-electron chi connectivity index (χ0n) is 4.86. The van der Waals surface area contributed by atoms with Gasteiger partial charge in [-0.3, -0.25) is 0 Å². The highest BCUT2D eigenvalue weighted by Crippen LogP contribution is 2.12. The number of nitrogens with one attached hydrogen (secondary N) is 1. The van der Waals surface area contributed by atoms with Crippen LogP contribution in [-0.4, -0.2) is 18.1 Å². The van der Waals surface area contributed by atoms with Crippen molar-refractivity contribution in [2.75, 3.05) is 6.54 Å². The first-order valence-electron chi connectivity index (χ1n) is 2.65. The van der Waals surface area contributed by atoms with Crippen LogP contribution in [0.4, 0.5) is 0 Å². The van der Waals surface area contributed by atoms with Crippen LogP contribution < -0.4 is 11.1 Å². The number of hydrogen-bond donors (Lipinski definition) is 2. The van der Waals surface area contributed by atoms with Gasteiger partial charge in [0.2, 0.25) is 0 Å². The molecule has 0 bridgehead atoms. The molecule has 1 rings (SSSR count). The Balaban J connectivity index is 2.43. The molecular weight excluding hydrogens is 88.1 g/mol. The highest BCUT2D eigenvalue weighted by molar-refractivity contribution is 5.00. The van der Waals surface area contributed by atoms with Gasteiger partial charge in [-0.2, -0.15) is 0 Å². The first kappa shape index (κ1) is 5.06. The van der Waals surface area contributed by atoms with Crippen LogP contribution in [0.25, 0.3) is 0 Å². The molecule has 1 fully saturated rings. The molecule has 1 heterocycles. The Morgan fingerprint density at radius 1 is 1.86 bits per heavy atom. The zero-order chi connectivity index (χ0) is 5.49. The van der Waals surface area contributed by atoms with Gasteiger partial charge in [0.1, 0.15) is 0 Å². The molecule has 2 atom stereocenters. The molecule has 0 aromatic carbocycles. The van der Waals surface area contributed by atoms with Crippen molar-refractivity contribution in [1.29, 1.82) is 0 Å². The van der Waals surface area contributed by atoms with E-state index >= 15 is 0 Å². The van der Waals surface area contributed by atoms with Crippen LogP contribution in [0, 0.1) is 0 Å². The molecule has 1 saturated heterocycles. The Kier molecular flexibility index (Phi) is 0.869. The third-order valence-corrected chi connectivity index (χ3v) is 1.78. The second kappa shape index (κ2) is 1.20. The first-order valence-corrected chi connectivity index (χ1v) is 2.65. The third kappa shape index (κ3) is 0.640. The van der Waals surface area contributed by atoms with E-state index in [1.807, 2.05) is 0 Å². The predicted octanol–water partition coefficient (Wildman–Crippen LogP) is -0.305. The zero-order valence-corrected chi connectivity index (χ0v) is 4.86. The van der Waals surface area contributed by atoms with Crippen LogP contribution in [0.15, 0.2) is 0 Å². The molecule has 7 heavy (non-hydrogen) atoms. The van der Waals surface area contributed by atoms with E-state index in [4.69, 9.17) is 5.73 Å². The van der Waals surface area contributed by atoms with Gasteiger partial charge in [-0.15, -0.1) is 0 Å². The summed E-state index contributed by atoms with van der Waals surface area (Å²) in [6.07, 6.45) is 0. The Morgan fingerprint density at radius 2 is 2.29 bits per heavy atom. The summed E-state index contributed by atoms with van der Waals surface area (Å²) in [5.74, 6) is 0. The molecule has 0 aromatic rings. The van der Waals surface area contributed by atoms with Gasteiger partial charge in [0, 0.05) is 18.1 Å². The van der Waals surface area contributed by atoms with Crippen LogP contribution in [-0.2, 0) is 0 Å². The van der Waals surface area contributed by atoms with E-state index in [0.29, 0.717) is 6.04 Å². The summed E-state index contributed by atoms with van der Waals surface area (Å²) in [6.45, 7) is 5.13. The third-order valence-electron chi connectivity index (χ3n) is 1.78. The van der Waals surface area contributed by atoms with Crippen LogP contribution in [0.2, 0.25) is 0 Å². The van der Waals surface area contributed by atoms with Gasteiger partial charge in [-0.05, 0) is 13.8 Å². The van der Waals surface area contributed by atoms with E-state index in [-0.39, 0.29) is 5.54 Å². The van der Waals surface area contributed by atoms with E-state index in [9.17, 15) is 0 Å². The fraction of sp³-hybridized carbons (Fsp3) is 1.00. The Hall–Kier alpha value is -0.0800. The minimum Gasteiger partial charge on any atom is -0.323 e. The Labute approximate surface area is 44.1 Å². The molecule has 0 amide bonds. The average Bonchev–Trinajstić information content (AvgIpc) is 1.63. The molecular formula is C5H12N2. The fourth-order valence-corrected chi connectivity index (χ4v) is 0.628. The Bertz CT molecular complexity index is 78.1. The molecule has 0 radical (unpaired) electrons. The van der Waals surface area contributed by atoms with Crippen LogP contribution in [0.3, 0.4) is 0 Å². The van der Waals surface area contributed by atoms with Gasteiger partial charge in [-0.1, -0.05) is 0 Å². The largest absolute Gasteiger partial charge is 0.323 e. The van der Waals surface area contributed by atoms with E-state index in [1.165, 1.54) is 0 Å². The van der Waals surface area contributed by atoms with Gasteiger partial charge in [-0.25, -0.2) is 0 Å². The van der Waals surface area contributed by atoms with Crippen molar-refractivity contribution >= 4 is 0 Å². The maximum atomic E-state index is 5.70. The fourth-order valence-electron chi connectivity index (χ4n) is 0.628. The van der Waals surface area contributed by atoms with Crippen molar-refractivity contribution in [3.8, 4) is 0 Å². The summed E-state index contributed by atoms with van der Waals surface area (Å²) < 4.78 is 0. The quantitative estimate of drug-likeness (QED) is 0.438. The van der Waals surface area contributed by atoms with Gasteiger partial charge in [0.25, 0.3) is 0 Å². The lowest BCUT2D eigenvalue weighted by molar-refractivity contribution is 0.219. The molecule has 0 unspecified atom stereocenters. The SMILES string of the molecule is C[C@@H]1NC[C@@]1(C)N. The van der Waals surface area contributed by atoms with Crippen molar-refractivity contribution in [2.24, 2.45) is 5.73 Å². The molecule has 1 aliphatic rings. The lowest BCUT2D eigenvalue weighted by Gasteiger charge is -2.43. The average molecular weight is 100 g/mol. The summed E-state index contributed by atoms with van der Waals surface area (Å²) in [4.78, 5) is 0. The highest BCUT2D eigenvalue weighted by atomic mass is 15.1. The molecule has 0 aromatic heterocycles. The second-order valence-corrected chi connectivity index (χ2v) is 2.61. The predicted molar refractivity (Wildman–Crippen MR) is 30.1 cm³/mol. The lowest BCUT2D eigenvalue weighted by atomic mass is 9.87. The maximum absolute atomic E-state index is 5.70. The van der Waals surface area contributed by atoms with Crippen LogP contribution in [0.5, 0.6) is 0 Å². The molecule has 2 heteroatoms. The standard InChI is InChI=1S/C5H12N2/c1-4-5(2,6)3-7-4/h4,7H,3,6H2,1-2H3/t4-,5+/m0/s1. The summed E-state index contributed by atoms with van der Waals surface area (Å²) in [6, 6.07) is 0.507. The maximum Gasteiger partial charge on any atom is 0.0405 e.